The average molecular weight is 585 g/mol. The topological polar surface area (TPSA) is 139 Å². The lowest BCUT2D eigenvalue weighted by Crippen LogP contribution is -2.44. The van der Waals surface area contributed by atoms with Gasteiger partial charge in [-0.1, -0.05) is 42.5 Å². The number of ketones is 2. The minimum absolute atomic E-state index is 0.00137. The predicted molar refractivity (Wildman–Crippen MR) is 164 cm³/mol. The fourth-order valence-electron chi connectivity index (χ4n) is 5.69. The van der Waals surface area contributed by atoms with Crippen LogP contribution in [0.25, 0.3) is 11.6 Å². The van der Waals surface area contributed by atoms with Crippen LogP contribution in [0, 0.1) is 0 Å². The molecule has 0 saturated carbocycles. The summed E-state index contributed by atoms with van der Waals surface area (Å²) in [6.07, 6.45) is 3.10. The van der Waals surface area contributed by atoms with E-state index in [-0.39, 0.29) is 27.4 Å². The van der Waals surface area contributed by atoms with Crippen molar-refractivity contribution in [1.29, 1.82) is 0 Å². The molecule has 3 N–H and O–H groups in total. The van der Waals surface area contributed by atoms with E-state index in [4.69, 9.17) is 0 Å². The van der Waals surface area contributed by atoms with E-state index in [9.17, 15) is 24.0 Å². The molecule has 2 amide bonds. The second-order valence-electron chi connectivity index (χ2n) is 10.5. The number of anilines is 3. The average Bonchev–Trinajstić information content (AvgIpc) is 3.63. The molecule has 3 aromatic carbocycles. The Morgan fingerprint density at radius 2 is 1.18 bits per heavy atom. The zero-order valence-corrected chi connectivity index (χ0v) is 23.5. The van der Waals surface area contributed by atoms with E-state index in [1.54, 1.807) is 73.8 Å². The zero-order valence-electron chi connectivity index (χ0n) is 23.5. The highest BCUT2D eigenvalue weighted by molar-refractivity contribution is 6.51. The number of aromatic nitrogens is 2. The molecule has 11 nitrogen and oxygen atoms in total. The lowest BCUT2D eigenvalue weighted by molar-refractivity contribution is -0.115. The lowest BCUT2D eigenvalue weighted by Gasteiger charge is -2.28. The molecule has 0 atom stereocenters. The summed E-state index contributed by atoms with van der Waals surface area (Å²) in [7, 11) is 3.14. The molecule has 0 aliphatic carbocycles. The number of hydrogen-bond acceptors (Lipinski definition) is 7. The molecule has 0 fully saturated rings. The molecule has 4 heterocycles. The Kier molecular flexibility index (Phi) is 6.03. The molecule has 11 heteroatoms. The fraction of sp³-hybridized carbons (Fsp3) is 0.0606. The summed E-state index contributed by atoms with van der Waals surface area (Å²) < 4.78 is 0. The van der Waals surface area contributed by atoms with Gasteiger partial charge in [0.25, 0.3) is 17.4 Å². The summed E-state index contributed by atoms with van der Waals surface area (Å²) >= 11 is 0. The number of benzene rings is 3. The summed E-state index contributed by atoms with van der Waals surface area (Å²) in [6.45, 7) is 0. The Morgan fingerprint density at radius 1 is 0.636 bits per heavy atom. The summed E-state index contributed by atoms with van der Waals surface area (Å²) in [5.41, 5.74) is 5.03. The molecule has 0 radical (unpaired) electrons. The molecular weight excluding hydrogens is 560 g/mol. The van der Waals surface area contributed by atoms with Crippen LogP contribution in [0.5, 0.6) is 0 Å². The number of hydrazine groups is 1. The number of Topliss-reactive ketones (excluding diaryl/α,β-unsaturated/α-hetero) is 2. The molecule has 0 unspecified atom stereocenters. The first kappa shape index (κ1) is 26.7. The summed E-state index contributed by atoms with van der Waals surface area (Å²) in [6, 6.07) is 22.7. The predicted octanol–water partition coefficient (Wildman–Crippen LogP) is 1.52. The van der Waals surface area contributed by atoms with Crippen LogP contribution in [0.3, 0.4) is 0 Å². The van der Waals surface area contributed by atoms with Gasteiger partial charge < -0.3 is 9.80 Å². The first-order chi connectivity index (χ1) is 21.3. The van der Waals surface area contributed by atoms with Crippen LogP contribution in [-0.2, 0) is 9.59 Å². The number of aromatic amines is 2. The van der Waals surface area contributed by atoms with Gasteiger partial charge in [0.05, 0.1) is 33.3 Å². The van der Waals surface area contributed by atoms with Gasteiger partial charge in [-0.05, 0) is 42.5 Å². The number of para-hydroxylation sites is 3. The third-order valence-electron chi connectivity index (χ3n) is 7.95. The largest absolute Gasteiger partial charge is 0.310 e. The monoisotopic (exact) mass is 584 g/mol. The maximum absolute atomic E-state index is 13.8. The van der Waals surface area contributed by atoms with Gasteiger partial charge in [0.2, 0.25) is 11.6 Å². The Bertz CT molecular complexity index is 2190. The van der Waals surface area contributed by atoms with E-state index >= 15 is 0 Å². The minimum Gasteiger partial charge on any atom is -0.310 e. The molecule has 4 aromatic rings. The molecule has 1 aromatic heterocycles. The number of fused-ring (bicyclic) bond motifs is 2. The SMILES string of the molecule is CN1C(=O)/C(=C2/NN(c3ccccc3)C=C2/C=c2/c(=O)[nH][nH]/c2=C2\C(=O)c3ccccc3N(C)C2=O)C(=O)c2ccccc21. The third-order valence-corrected chi connectivity index (χ3v) is 7.95. The minimum atomic E-state index is -0.596. The van der Waals surface area contributed by atoms with Crippen molar-refractivity contribution in [2.45, 2.75) is 0 Å². The summed E-state index contributed by atoms with van der Waals surface area (Å²) in [4.78, 5) is 70.5. The molecule has 216 valence electrons. The number of carbonyl (C=O) groups is 4. The van der Waals surface area contributed by atoms with Crippen molar-refractivity contribution in [3.8, 4) is 0 Å². The number of amides is 2. The van der Waals surface area contributed by atoms with Crippen LogP contribution in [-0.4, -0.2) is 47.7 Å². The lowest BCUT2D eigenvalue weighted by atomic mass is 9.92. The van der Waals surface area contributed by atoms with Gasteiger partial charge in [0, 0.05) is 37.0 Å². The number of likely N-dealkylation sites (N-methyl/N-ethyl adjacent to an activating group) is 1. The summed E-state index contributed by atoms with van der Waals surface area (Å²) in [5, 5.41) is 6.81. The van der Waals surface area contributed by atoms with E-state index in [1.165, 1.54) is 15.9 Å². The molecule has 0 saturated heterocycles. The Labute approximate surface area is 249 Å². The molecule has 7 rings (SSSR count). The van der Waals surface area contributed by atoms with Gasteiger partial charge in [0.15, 0.2) is 0 Å². The fourth-order valence-corrected chi connectivity index (χ4v) is 5.69. The Morgan fingerprint density at radius 3 is 1.82 bits per heavy atom. The van der Waals surface area contributed by atoms with Crippen molar-refractivity contribution in [2.75, 3.05) is 28.9 Å². The van der Waals surface area contributed by atoms with Crippen molar-refractivity contribution in [2.24, 2.45) is 0 Å². The van der Waals surface area contributed by atoms with Crippen molar-refractivity contribution >= 4 is 52.1 Å². The van der Waals surface area contributed by atoms with Gasteiger partial charge in [-0.15, -0.1) is 0 Å². The van der Waals surface area contributed by atoms with E-state index in [2.05, 4.69) is 15.6 Å². The van der Waals surface area contributed by atoms with E-state index in [0.717, 1.165) is 0 Å². The molecule has 3 aliphatic heterocycles. The highest BCUT2D eigenvalue weighted by atomic mass is 16.2. The van der Waals surface area contributed by atoms with E-state index < -0.39 is 28.9 Å². The second kappa shape index (κ2) is 9.95. The van der Waals surface area contributed by atoms with Crippen molar-refractivity contribution in [3.05, 3.63) is 134 Å². The van der Waals surface area contributed by atoms with Gasteiger partial charge in [-0.3, -0.25) is 44.6 Å². The summed E-state index contributed by atoms with van der Waals surface area (Å²) in [5.74, 6) is -2.13. The van der Waals surface area contributed by atoms with Gasteiger partial charge in [-0.2, -0.15) is 0 Å². The van der Waals surface area contributed by atoms with Crippen molar-refractivity contribution < 1.29 is 19.2 Å². The maximum Gasteiger partial charge on any atom is 0.271 e. The van der Waals surface area contributed by atoms with Crippen LogP contribution < -0.4 is 36.4 Å². The molecule has 0 bridgehead atoms. The molecule has 0 spiro atoms. The number of rotatable bonds is 2. The zero-order chi connectivity index (χ0) is 30.7. The van der Waals surface area contributed by atoms with Gasteiger partial charge >= 0.3 is 0 Å². The smallest absolute Gasteiger partial charge is 0.271 e. The molecular formula is C33H24N6O5. The Hall–Kier alpha value is -6.23. The first-order valence-electron chi connectivity index (χ1n) is 13.7. The van der Waals surface area contributed by atoms with Crippen LogP contribution in [0.4, 0.5) is 17.1 Å². The molecule has 44 heavy (non-hydrogen) atoms. The quantitative estimate of drug-likeness (QED) is 0.240. The maximum atomic E-state index is 13.8. The second-order valence-corrected chi connectivity index (χ2v) is 10.5. The van der Waals surface area contributed by atoms with E-state index in [1.807, 2.05) is 30.3 Å². The standard InChI is InChI=1S/C33H24N6O5/c1-37-23-14-8-6-12-20(23)29(40)25(32(37)43)27-18(17-39(36-27)19-10-4-3-5-11-19)16-22-28(34-35-31(22)42)26-30(41)21-13-7-9-15-24(21)38(2)33(26)44/h3-17,34,36H,1-2H3,(H,35,42)/b22-16+,27-25+,28-26+. The highest BCUT2D eigenvalue weighted by Gasteiger charge is 2.38. The van der Waals surface area contributed by atoms with Gasteiger partial charge in [-0.25, -0.2) is 0 Å². The van der Waals surface area contributed by atoms with Crippen LogP contribution in [0.15, 0.2) is 107 Å². The highest BCUT2D eigenvalue weighted by Crippen LogP contribution is 2.34. The van der Waals surface area contributed by atoms with Crippen LogP contribution in [0.2, 0.25) is 0 Å². The Balaban J connectivity index is 1.48. The van der Waals surface area contributed by atoms with Crippen molar-refractivity contribution in [1.82, 2.24) is 15.6 Å². The number of carbonyl (C=O) groups excluding carboxylic acids is 4. The van der Waals surface area contributed by atoms with Crippen molar-refractivity contribution in [3.63, 3.8) is 0 Å². The van der Waals surface area contributed by atoms with Crippen LogP contribution in [0.1, 0.15) is 20.7 Å². The molecule has 3 aliphatic rings. The third kappa shape index (κ3) is 3.94. The first-order valence-corrected chi connectivity index (χ1v) is 13.7. The normalized spacial score (nSPS) is 19.7. The number of hydrogen-bond donors (Lipinski definition) is 3. The van der Waals surface area contributed by atoms with Gasteiger partial charge in [0.1, 0.15) is 11.1 Å². The van der Waals surface area contributed by atoms with E-state index in [0.29, 0.717) is 33.8 Å². The van der Waals surface area contributed by atoms with Crippen LogP contribution >= 0.6 is 0 Å². The number of nitrogens with one attached hydrogen (secondary N) is 3. The number of nitrogens with zero attached hydrogens (tertiary/aromatic N) is 3. The number of H-pyrrole nitrogens is 2. The number of allylic oxidation sites excluding steroid dienone is 1.